The van der Waals surface area contributed by atoms with Crippen LogP contribution in [0.4, 0.5) is 5.69 Å². The maximum absolute atomic E-state index is 13.2. The molecule has 4 rings (SSSR count). The van der Waals surface area contributed by atoms with Crippen molar-refractivity contribution in [2.75, 3.05) is 11.5 Å². The lowest BCUT2D eigenvalue weighted by molar-refractivity contribution is 0.658. The molecule has 144 valence electrons. The Morgan fingerprint density at radius 3 is 2.45 bits per heavy atom. The first-order valence-corrected chi connectivity index (χ1v) is 10.4. The van der Waals surface area contributed by atoms with Crippen LogP contribution in [-0.4, -0.2) is 15.3 Å². The van der Waals surface area contributed by atoms with Gasteiger partial charge in [0.05, 0.1) is 17.4 Å². The molecule has 0 saturated heterocycles. The molecule has 3 aromatic carbocycles. The summed E-state index contributed by atoms with van der Waals surface area (Å²) in [6.07, 6.45) is 4.17. The first-order valence-electron chi connectivity index (χ1n) is 9.39. The topological polar surface area (TPSA) is 60.9 Å². The van der Waals surface area contributed by atoms with Crippen molar-refractivity contribution in [3.05, 3.63) is 106 Å². The summed E-state index contributed by atoms with van der Waals surface area (Å²) < 4.78 is 1.73. The number of nitrogens with two attached hydrogens (primary N) is 1. The van der Waals surface area contributed by atoms with Gasteiger partial charge in [-0.2, -0.15) is 0 Å². The number of fused-ring (bicyclic) bond motifs is 1. The first-order chi connectivity index (χ1) is 14.2. The van der Waals surface area contributed by atoms with Crippen LogP contribution in [0.5, 0.6) is 0 Å². The molecular weight excluding hydrogens is 378 g/mol. The Morgan fingerprint density at radius 1 is 0.966 bits per heavy atom. The lowest BCUT2D eigenvalue weighted by Crippen LogP contribution is -2.24. The second-order valence-electron chi connectivity index (χ2n) is 6.67. The van der Waals surface area contributed by atoms with Crippen LogP contribution >= 0.6 is 11.8 Å². The standard InChI is InChI=1S/C24H21N3OS/c25-20-13-14-22-21(16-20)23(28)27(17-19-10-5-2-6-11-19)24(26-22)29-15-7-12-18-8-3-1-4-9-18/h1-14,16H,15,17,25H2/b12-7+. The zero-order valence-electron chi connectivity index (χ0n) is 15.9. The number of nitrogen functional groups attached to an aromatic ring is 1. The average molecular weight is 400 g/mol. The molecule has 0 amide bonds. The Kier molecular flexibility index (Phi) is 5.77. The van der Waals surface area contributed by atoms with Crippen LogP contribution in [-0.2, 0) is 6.54 Å². The van der Waals surface area contributed by atoms with E-state index in [-0.39, 0.29) is 5.56 Å². The molecule has 1 aromatic heterocycles. The Hall–Kier alpha value is -3.31. The molecule has 0 bridgehead atoms. The number of thioether (sulfide) groups is 1. The number of aromatic nitrogens is 2. The lowest BCUT2D eigenvalue weighted by atomic mass is 10.2. The zero-order chi connectivity index (χ0) is 20.1. The van der Waals surface area contributed by atoms with Gasteiger partial charge in [0, 0.05) is 11.4 Å². The third kappa shape index (κ3) is 4.58. The van der Waals surface area contributed by atoms with Crippen LogP contribution < -0.4 is 11.3 Å². The van der Waals surface area contributed by atoms with Gasteiger partial charge in [0.25, 0.3) is 5.56 Å². The van der Waals surface area contributed by atoms with Gasteiger partial charge in [-0.3, -0.25) is 9.36 Å². The fourth-order valence-corrected chi connectivity index (χ4v) is 3.91. The molecule has 4 aromatic rings. The third-order valence-electron chi connectivity index (χ3n) is 4.55. The van der Waals surface area contributed by atoms with Crippen molar-refractivity contribution >= 4 is 34.4 Å². The maximum Gasteiger partial charge on any atom is 0.262 e. The normalized spacial score (nSPS) is 11.3. The summed E-state index contributed by atoms with van der Waals surface area (Å²) in [6.45, 7) is 0.474. The van der Waals surface area contributed by atoms with Crippen LogP contribution in [0.15, 0.2) is 94.9 Å². The van der Waals surface area contributed by atoms with Crippen LogP contribution in [0.2, 0.25) is 0 Å². The third-order valence-corrected chi connectivity index (χ3v) is 5.47. The second kappa shape index (κ2) is 8.80. The summed E-state index contributed by atoms with van der Waals surface area (Å²) in [5.74, 6) is 0.719. The number of hydrogen-bond acceptors (Lipinski definition) is 4. The molecule has 0 spiro atoms. The number of nitrogens with zero attached hydrogens (tertiary/aromatic N) is 2. The number of benzene rings is 3. The molecule has 0 atom stereocenters. The van der Waals surface area contributed by atoms with Crippen molar-refractivity contribution in [2.45, 2.75) is 11.7 Å². The Balaban J connectivity index is 1.67. The van der Waals surface area contributed by atoms with Crippen molar-refractivity contribution < 1.29 is 0 Å². The Bertz CT molecular complexity index is 1200. The number of rotatable bonds is 6. The van der Waals surface area contributed by atoms with E-state index in [1.807, 2.05) is 54.6 Å². The molecule has 29 heavy (non-hydrogen) atoms. The number of anilines is 1. The van der Waals surface area contributed by atoms with Gasteiger partial charge in [-0.15, -0.1) is 0 Å². The van der Waals surface area contributed by atoms with E-state index >= 15 is 0 Å². The highest BCUT2D eigenvalue weighted by molar-refractivity contribution is 7.99. The summed E-state index contributed by atoms with van der Waals surface area (Å²) in [5, 5.41) is 1.25. The quantitative estimate of drug-likeness (QED) is 0.286. The smallest absolute Gasteiger partial charge is 0.262 e. The van der Waals surface area contributed by atoms with E-state index in [2.05, 4.69) is 24.3 Å². The van der Waals surface area contributed by atoms with Crippen molar-refractivity contribution in [1.82, 2.24) is 9.55 Å². The van der Waals surface area contributed by atoms with E-state index < -0.39 is 0 Å². The highest BCUT2D eigenvalue weighted by Gasteiger charge is 2.12. The van der Waals surface area contributed by atoms with E-state index in [1.165, 1.54) is 0 Å². The van der Waals surface area contributed by atoms with E-state index in [0.717, 1.165) is 16.9 Å². The first kappa shape index (κ1) is 19.0. The molecule has 0 aliphatic carbocycles. The molecule has 2 N–H and O–H groups in total. The van der Waals surface area contributed by atoms with Gasteiger partial charge in [-0.05, 0) is 29.3 Å². The summed E-state index contributed by atoms with van der Waals surface area (Å²) in [4.78, 5) is 18.0. The predicted molar refractivity (Wildman–Crippen MR) is 122 cm³/mol. The molecule has 0 aliphatic rings. The van der Waals surface area contributed by atoms with Crippen molar-refractivity contribution in [1.29, 1.82) is 0 Å². The van der Waals surface area contributed by atoms with Crippen molar-refractivity contribution in [3.63, 3.8) is 0 Å². The van der Waals surface area contributed by atoms with E-state index in [1.54, 1.807) is 28.5 Å². The maximum atomic E-state index is 13.2. The van der Waals surface area contributed by atoms with E-state index in [0.29, 0.717) is 28.3 Å². The summed E-state index contributed by atoms with van der Waals surface area (Å²) in [5.41, 5.74) is 9.27. The monoisotopic (exact) mass is 399 g/mol. The van der Waals surface area contributed by atoms with Gasteiger partial charge in [0.1, 0.15) is 0 Å². The summed E-state index contributed by atoms with van der Waals surface area (Å²) >= 11 is 1.55. The van der Waals surface area contributed by atoms with Gasteiger partial charge in [0.15, 0.2) is 5.16 Å². The highest BCUT2D eigenvalue weighted by Crippen LogP contribution is 2.21. The van der Waals surface area contributed by atoms with Gasteiger partial charge in [0.2, 0.25) is 0 Å². The van der Waals surface area contributed by atoms with Gasteiger partial charge in [-0.25, -0.2) is 4.98 Å². The predicted octanol–water partition coefficient (Wildman–Crippen LogP) is 4.83. The fraction of sp³-hybridized carbons (Fsp3) is 0.0833. The summed E-state index contributed by atoms with van der Waals surface area (Å²) in [7, 11) is 0. The van der Waals surface area contributed by atoms with Crippen molar-refractivity contribution in [2.24, 2.45) is 0 Å². The molecule has 0 unspecified atom stereocenters. The minimum Gasteiger partial charge on any atom is -0.399 e. The molecule has 4 nitrogen and oxygen atoms in total. The highest BCUT2D eigenvalue weighted by atomic mass is 32.2. The second-order valence-corrected chi connectivity index (χ2v) is 7.66. The molecule has 1 heterocycles. The molecule has 5 heteroatoms. The Morgan fingerprint density at radius 2 is 1.69 bits per heavy atom. The molecule has 0 fully saturated rings. The van der Waals surface area contributed by atoms with Crippen LogP contribution in [0.3, 0.4) is 0 Å². The molecular formula is C24H21N3OS. The minimum absolute atomic E-state index is 0.0688. The van der Waals surface area contributed by atoms with Crippen LogP contribution in [0.25, 0.3) is 17.0 Å². The number of hydrogen-bond donors (Lipinski definition) is 1. The van der Waals surface area contributed by atoms with Crippen molar-refractivity contribution in [3.8, 4) is 0 Å². The van der Waals surface area contributed by atoms with Crippen LogP contribution in [0, 0.1) is 0 Å². The van der Waals surface area contributed by atoms with E-state index in [4.69, 9.17) is 10.7 Å². The largest absolute Gasteiger partial charge is 0.399 e. The van der Waals surface area contributed by atoms with Gasteiger partial charge >= 0.3 is 0 Å². The summed E-state index contributed by atoms with van der Waals surface area (Å²) in [6, 6.07) is 25.4. The Labute approximate surface area is 173 Å². The van der Waals surface area contributed by atoms with E-state index in [9.17, 15) is 4.79 Å². The molecule has 0 saturated carbocycles. The zero-order valence-corrected chi connectivity index (χ0v) is 16.7. The SMILES string of the molecule is Nc1ccc2nc(SC/C=C/c3ccccc3)n(Cc3ccccc3)c(=O)c2c1. The van der Waals surface area contributed by atoms with Gasteiger partial charge < -0.3 is 5.73 Å². The average Bonchev–Trinajstić information content (AvgIpc) is 2.76. The molecule has 0 aliphatic heterocycles. The van der Waals surface area contributed by atoms with Crippen LogP contribution in [0.1, 0.15) is 11.1 Å². The minimum atomic E-state index is -0.0688. The molecule has 0 radical (unpaired) electrons. The van der Waals surface area contributed by atoms with Gasteiger partial charge in [-0.1, -0.05) is 84.6 Å². The lowest BCUT2D eigenvalue weighted by Gasteiger charge is -2.13. The fourth-order valence-electron chi connectivity index (χ4n) is 3.10.